The standard InChI is InChI=1S/C12H20F3N3S/c1-4-18(5-2)7-6-9(16-3)10-8-17-11(19-10)12(13,14)15/h8-9,16H,4-7H2,1-3H3. The summed E-state index contributed by atoms with van der Waals surface area (Å²) in [6.45, 7) is 6.91. The summed E-state index contributed by atoms with van der Waals surface area (Å²) < 4.78 is 37.5. The molecule has 1 aromatic rings. The summed E-state index contributed by atoms with van der Waals surface area (Å²) in [5.41, 5.74) is 0. The second-order valence-corrected chi connectivity index (χ2v) is 5.28. The van der Waals surface area contributed by atoms with Crippen LogP contribution in [0.2, 0.25) is 0 Å². The van der Waals surface area contributed by atoms with Crippen LogP contribution in [-0.2, 0) is 6.18 Å². The summed E-state index contributed by atoms with van der Waals surface area (Å²) in [5.74, 6) is 0. The molecular weight excluding hydrogens is 275 g/mol. The van der Waals surface area contributed by atoms with Crippen molar-refractivity contribution < 1.29 is 13.2 Å². The van der Waals surface area contributed by atoms with Crippen molar-refractivity contribution >= 4 is 11.3 Å². The van der Waals surface area contributed by atoms with Crippen LogP contribution in [0.4, 0.5) is 13.2 Å². The third kappa shape index (κ3) is 4.74. The molecule has 110 valence electrons. The molecule has 0 spiro atoms. The fraction of sp³-hybridized carbons (Fsp3) is 0.750. The molecule has 0 aliphatic carbocycles. The van der Waals surface area contributed by atoms with E-state index in [1.807, 2.05) is 0 Å². The Morgan fingerprint density at radius 2 is 2.00 bits per heavy atom. The number of nitrogens with zero attached hydrogens (tertiary/aromatic N) is 2. The van der Waals surface area contributed by atoms with Crippen molar-refractivity contribution in [2.45, 2.75) is 32.5 Å². The van der Waals surface area contributed by atoms with Gasteiger partial charge in [-0.05, 0) is 33.1 Å². The van der Waals surface area contributed by atoms with E-state index in [0.29, 0.717) is 4.88 Å². The molecule has 19 heavy (non-hydrogen) atoms. The summed E-state index contributed by atoms with van der Waals surface area (Å²) in [7, 11) is 1.76. The zero-order valence-electron chi connectivity index (χ0n) is 11.4. The van der Waals surface area contributed by atoms with Gasteiger partial charge in [-0.25, -0.2) is 4.98 Å². The molecule has 0 saturated carbocycles. The van der Waals surface area contributed by atoms with Crippen LogP contribution in [0.15, 0.2) is 6.20 Å². The first-order valence-electron chi connectivity index (χ1n) is 6.34. The fourth-order valence-electron chi connectivity index (χ4n) is 1.86. The Labute approximate surface area is 115 Å². The summed E-state index contributed by atoms with van der Waals surface area (Å²) >= 11 is 0.722. The van der Waals surface area contributed by atoms with Crippen LogP contribution in [0.1, 0.15) is 36.2 Å². The molecule has 7 heteroatoms. The zero-order valence-corrected chi connectivity index (χ0v) is 12.2. The molecule has 0 amide bonds. The molecule has 1 rings (SSSR count). The van der Waals surface area contributed by atoms with Crippen LogP contribution in [0, 0.1) is 0 Å². The van der Waals surface area contributed by atoms with Crippen molar-refractivity contribution in [2.75, 3.05) is 26.7 Å². The third-order valence-corrected chi connectivity index (χ3v) is 4.24. The first-order chi connectivity index (χ1) is 8.92. The van der Waals surface area contributed by atoms with E-state index in [0.717, 1.165) is 37.4 Å². The molecule has 3 nitrogen and oxygen atoms in total. The van der Waals surface area contributed by atoms with Gasteiger partial charge in [0.25, 0.3) is 0 Å². The number of alkyl halides is 3. The first-order valence-corrected chi connectivity index (χ1v) is 7.16. The van der Waals surface area contributed by atoms with Crippen LogP contribution in [0.5, 0.6) is 0 Å². The highest BCUT2D eigenvalue weighted by Gasteiger charge is 2.35. The van der Waals surface area contributed by atoms with Gasteiger partial charge in [0.05, 0.1) is 0 Å². The van der Waals surface area contributed by atoms with Crippen LogP contribution >= 0.6 is 11.3 Å². The number of aromatic nitrogens is 1. The van der Waals surface area contributed by atoms with Crippen LogP contribution in [0.25, 0.3) is 0 Å². The van der Waals surface area contributed by atoms with Gasteiger partial charge < -0.3 is 10.2 Å². The molecule has 0 saturated heterocycles. The van der Waals surface area contributed by atoms with Crippen molar-refractivity contribution in [1.82, 2.24) is 15.2 Å². The predicted molar refractivity (Wildman–Crippen MR) is 71.3 cm³/mol. The van der Waals surface area contributed by atoms with Crippen molar-refractivity contribution in [2.24, 2.45) is 0 Å². The minimum Gasteiger partial charge on any atom is -0.312 e. The van der Waals surface area contributed by atoms with Crippen LogP contribution in [-0.4, -0.2) is 36.6 Å². The van der Waals surface area contributed by atoms with E-state index >= 15 is 0 Å². The minimum atomic E-state index is -4.35. The van der Waals surface area contributed by atoms with E-state index in [1.165, 1.54) is 6.20 Å². The lowest BCUT2D eigenvalue weighted by Gasteiger charge is -2.21. The van der Waals surface area contributed by atoms with E-state index in [1.54, 1.807) is 7.05 Å². The van der Waals surface area contributed by atoms with Crippen molar-refractivity contribution in [3.05, 3.63) is 16.1 Å². The summed E-state index contributed by atoms with van der Waals surface area (Å²) in [6, 6.07) is -0.0748. The molecule has 0 aliphatic heterocycles. The molecule has 0 aromatic carbocycles. The Morgan fingerprint density at radius 1 is 1.37 bits per heavy atom. The normalized spacial score (nSPS) is 14.1. The van der Waals surface area contributed by atoms with Gasteiger partial charge in [-0.15, -0.1) is 11.3 Å². The van der Waals surface area contributed by atoms with Crippen LogP contribution in [0.3, 0.4) is 0 Å². The number of halogens is 3. The molecular formula is C12H20F3N3S. The number of rotatable bonds is 7. The lowest BCUT2D eigenvalue weighted by Crippen LogP contribution is -2.27. The third-order valence-electron chi connectivity index (χ3n) is 3.09. The van der Waals surface area contributed by atoms with Gasteiger partial charge in [0.1, 0.15) is 0 Å². The summed E-state index contributed by atoms with van der Waals surface area (Å²) in [5, 5.41) is 2.29. The molecule has 1 atom stereocenters. The van der Waals surface area contributed by atoms with Gasteiger partial charge in [-0.1, -0.05) is 13.8 Å². The van der Waals surface area contributed by atoms with Gasteiger partial charge in [-0.2, -0.15) is 13.2 Å². The van der Waals surface area contributed by atoms with E-state index in [4.69, 9.17) is 0 Å². The highest BCUT2D eigenvalue weighted by atomic mass is 32.1. The predicted octanol–water partition coefficient (Wildman–Crippen LogP) is 3.15. The first kappa shape index (κ1) is 16.4. The zero-order chi connectivity index (χ0) is 14.5. The Balaban J connectivity index is 2.67. The van der Waals surface area contributed by atoms with E-state index in [2.05, 4.69) is 29.0 Å². The van der Waals surface area contributed by atoms with Crippen molar-refractivity contribution in [3.8, 4) is 0 Å². The fourth-order valence-corrected chi connectivity index (χ4v) is 2.79. The molecule has 1 unspecified atom stereocenters. The van der Waals surface area contributed by atoms with E-state index < -0.39 is 11.2 Å². The van der Waals surface area contributed by atoms with Gasteiger partial charge >= 0.3 is 6.18 Å². The molecule has 0 bridgehead atoms. The lowest BCUT2D eigenvalue weighted by atomic mass is 10.2. The quantitative estimate of drug-likeness (QED) is 0.837. The van der Waals surface area contributed by atoms with Crippen molar-refractivity contribution in [1.29, 1.82) is 0 Å². The Bertz CT molecular complexity index is 375. The lowest BCUT2D eigenvalue weighted by molar-refractivity contribution is -0.137. The second-order valence-electron chi connectivity index (χ2n) is 4.22. The highest BCUT2D eigenvalue weighted by molar-refractivity contribution is 7.11. The Morgan fingerprint density at radius 3 is 2.42 bits per heavy atom. The maximum atomic E-state index is 12.5. The molecule has 0 radical (unpaired) electrons. The highest BCUT2D eigenvalue weighted by Crippen LogP contribution is 2.34. The number of thiazole rings is 1. The molecule has 0 fully saturated rings. The largest absolute Gasteiger partial charge is 0.443 e. The maximum absolute atomic E-state index is 12.5. The molecule has 0 aliphatic rings. The van der Waals surface area contributed by atoms with Gasteiger partial charge in [0, 0.05) is 17.1 Å². The molecule has 1 aromatic heterocycles. The SMILES string of the molecule is CCN(CC)CCC(NC)c1cnc(C(F)(F)F)s1. The van der Waals surface area contributed by atoms with Crippen molar-refractivity contribution in [3.63, 3.8) is 0 Å². The average Bonchev–Trinajstić information content (AvgIpc) is 2.84. The summed E-state index contributed by atoms with van der Waals surface area (Å²) in [4.78, 5) is 6.35. The Hall–Kier alpha value is -0.660. The minimum absolute atomic E-state index is 0.0748. The average molecular weight is 295 g/mol. The van der Waals surface area contributed by atoms with Gasteiger partial charge in [-0.3, -0.25) is 0 Å². The number of nitrogens with one attached hydrogen (secondary N) is 1. The van der Waals surface area contributed by atoms with Crippen LogP contribution < -0.4 is 5.32 Å². The van der Waals surface area contributed by atoms with E-state index in [-0.39, 0.29) is 6.04 Å². The smallest absolute Gasteiger partial charge is 0.312 e. The molecule has 1 N–H and O–H groups in total. The second kappa shape index (κ2) is 7.21. The topological polar surface area (TPSA) is 28.2 Å². The molecule has 1 heterocycles. The monoisotopic (exact) mass is 295 g/mol. The summed E-state index contributed by atoms with van der Waals surface area (Å²) in [6.07, 6.45) is -2.24. The van der Waals surface area contributed by atoms with E-state index in [9.17, 15) is 13.2 Å². The van der Waals surface area contributed by atoms with Gasteiger partial charge in [0.2, 0.25) is 0 Å². The van der Waals surface area contributed by atoms with Gasteiger partial charge in [0.15, 0.2) is 5.01 Å². The maximum Gasteiger partial charge on any atom is 0.443 e. The Kier molecular flexibility index (Phi) is 6.22. The number of hydrogen-bond donors (Lipinski definition) is 1. The number of hydrogen-bond acceptors (Lipinski definition) is 4.